The SMILES string of the molecule is CC(C)(C)C(=O)NCc1ccc(Cl)c(Nc2nc3c(F)c(OCC(F)F)c(C(=O)NC4CCC(C(F)(F)F)CC4)cc3[nH]2)c1Cl. The van der Waals surface area contributed by atoms with Crippen LogP contribution in [0.3, 0.4) is 0 Å². The summed E-state index contributed by atoms with van der Waals surface area (Å²) in [6.45, 7) is 4.11. The number of fused-ring (bicyclic) bond motifs is 1. The van der Waals surface area contributed by atoms with Gasteiger partial charge in [0.15, 0.2) is 11.6 Å². The number of carbonyl (C=O) groups excluding carboxylic acids is 2. The molecule has 4 N–H and O–H groups in total. The van der Waals surface area contributed by atoms with Gasteiger partial charge < -0.3 is 25.7 Å². The van der Waals surface area contributed by atoms with Crippen LogP contribution in [0.1, 0.15) is 62.4 Å². The Bertz CT molecular complexity index is 1570. The molecule has 0 radical (unpaired) electrons. The molecular weight excluding hydrogens is 651 g/mol. The van der Waals surface area contributed by atoms with Crippen molar-refractivity contribution < 1.29 is 40.7 Å². The predicted molar refractivity (Wildman–Crippen MR) is 158 cm³/mol. The zero-order valence-corrected chi connectivity index (χ0v) is 25.9. The smallest absolute Gasteiger partial charge is 0.391 e. The summed E-state index contributed by atoms with van der Waals surface area (Å²) in [6.07, 6.45) is -7.65. The van der Waals surface area contributed by atoms with Crippen molar-refractivity contribution in [3.8, 4) is 5.75 Å². The van der Waals surface area contributed by atoms with Crippen LogP contribution in [0.4, 0.5) is 38.0 Å². The highest BCUT2D eigenvalue weighted by molar-refractivity contribution is 6.39. The summed E-state index contributed by atoms with van der Waals surface area (Å²) in [5.74, 6) is -4.67. The van der Waals surface area contributed by atoms with E-state index in [4.69, 9.17) is 27.9 Å². The van der Waals surface area contributed by atoms with Crippen LogP contribution in [0.25, 0.3) is 11.0 Å². The molecular formula is C29H31Cl2F6N5O3. The number of amides is 2. The summed E-state index contributed by atoms with van der Waals surface area (Å²) >= 11 is 12.9. The quantitative estimate of drug-likeness (QED) is 0.172. The molecule has 16 heteroatoms. The second-order valence-electron chi connectivity index (χ2n) is 11.8. The molecule has 1 saturated carbocycles. The molecule has 45 heavy (non-hydrogen) atoms. The number of aromatic nitrogens is 2. The first kappa shape index (κ1) is 34.5. The number of halogens is 8. The summed E-state index contributed by atoms with van der Waals surface area (Å²) in [5.41, 5.74) is -0.785. The second kappa shape index (κ2) is 13.5. The Labute approximate surface area is 264 Å². The zero-order valence-electron chi connectivity index (χ0n) is 24.4. The lowest BCUT2D eigenvalue weighted by molar-refractivity contribution is -0.182. The summed E-state index contributed by atoms with van der Waals surface area (Å²) in [6, 6.07) is 3.65. The number of hydrogen-bond donors (Lipinski definition) is 4. The molecule has 0 aliphatic heterocycles. The van der Waals surface area contributed by atoms with Crippen molar-refractivity contribution in [1.29, 1.82) is 0 Å². The van der Waals surface area contributed by atoms with Gasteiger partial charge in [0.1, 0.15) is 12.1 Å². The minimum Gasteiger partial charge on any atom is -0.484 e. The van der Waals surface area contributed by atoms with Crippen LogP contribution < -0.4 is 20.7 Å². The van der Waals surface area contributed by atoms with E-state index >= 15 is 4.39 Å². The van der Waals surface area contributed by atoms with Crippen molar-refractivity contribution in [2.24, 2.45) is 11.3 Å². The number of nitrogens with zero attached hydrogens (tertiary/aromatic N) is 1. The van der Waals surface area contributed by atoms with E-state index in [1.165, 1.54) is 6.07 Å². The first-order valence-corrected chi connectivity index (χ1v) is 14.7. The number of hydrogen-bond acceptors (Lipinski definition) is 5. The molecule has 2 aromatic carbocycles. The molecule has 1 aromatic heterocycles. The predicted octanol–water partition coefficient (Wildman–Crippen LogP) is 7.91. The van der Waals surface area contributed by atoms with E-state index in [2.05, 4.69) is 25.9 Å². The highest BCUT2D eigenvalue weighted by atomic mass is 35.5. The van der Waals surface area contributed by atoms with Gasteiger partial charge in [0.2, 0.25) is 11.9 Å². The molecule has 4 rings (SSSR count). The number of aromatic amines is 1. The van der Waals surface area contributed by atoms with Crippen molar-refractivity contribution in [3.63, 3.8) is 0 Å². The van der Waals surface area contributed by atoms with Crippen molar-refractivity contribution in [1.82, 2.24) is 20.6 Å². The van der Waals surface area contributed by atoms with Gasteiger partial charge in [0.05, 0.1) is 32.7 Å². The first-order chi connectivity index (χ1) is 21.0. The van der Waals surface area contributed by atoms with Crippen LogP contribution in [-0.2, 0) is 11.3 Å². The number of anilines is 2. The number of nitrogens with one attached hydrogen (secondary N) is 4. The summed E-state index contributed by atoms with van der Waals surface area (Å²) in [7, 11) is 0. The Morgan fingerprint density at radius 1 is 1.11 bits per heavy atom. The van der Waals surface area contributed by atoms with E-state index in [-0.39, 0.29) is 70.8 Å². The third-order valence-corrected chi connectivity index (χ3v) is 8.08. The monoisotopic (exact) mass is 681 g/mol. The van der Waals surface area contributed by atoms with E-state index in [0.717, 1.165) is 6.07 Å². The number of benzene rings is 2. The molecule has 8 nitrogen and oxygen atoms in total. The molecule has 0 bridgehead atoms. The van der Waals surface area contributed by atoms with Crippen LogP contribution >= 0.6 is 23.2 Å². The molecule has 1 aliphatic rings. The van der Waals surface area contributed by atoms with Gasteiger partial charge in [-0.2, -0.15) is 13.2 Å². The Morgan fingerprint density at radius 3 is 2.38 bits per heavy atom. The maximum Gasteiger partial charge on any atom is 0.391 e. The molecule has 1 aliphatic carbocycles. The van der Waals surface area contributed by atoms with Crippen LogP contribution in [0.5, 0.6) is 5.75 Å². The zero-order chi connectivity index (χ0) is 33.3. The Balaban J connectivity index is 1.61. The van der Waals surface area contributed by atoms with Gasteiger partial charge in [-0.05, 0) is 43.4 Å². The van der Waals surface area contributed by atoms with Gasteiger partial charge in [0, 0.05) is 18.0 Å². The molecule has 1 fully saturated rings. The standard InChI is InChI=1S/C29H31Cl2F6N5O3/c1-28(2,3)26(44)38-11-13-4-9-17(30)22(20(13)31)41-27-40-18-10-16(24(45-12-19(32)33)21(34)23(18)42-27)25(43)39-15-7-5-14(6-8-15)29(35,36)37/h4,9-10,14-15,19H,5-8,11-12H2,1-3H3,(H,38,44)(H,39,43)(H2,40,41,42). The van der Waals surface area contributed by atoms with Gasteiger partial charge in [0.25, 0.3) is 12.3 Å². The van der Waals surface area contributed by atoms with E-state index < -0.39 is 59.6 Å². The van der Waals surface area contributed by atoms with Crippen molar-refractivity contribution >= 4 is 57.7 Å². The number of ether oxygens (including phenoxy) is 1. The third-order valence-electron chi connectivity index (χ3n) is 7.33. The van der Waals surface area contributed by atoms with Crippen LogP contribution in [-0.4, -0.2) is 47.0 Å². The molecule has 0 spiro atoms. The Kier molecular flexibility index (Phi) is 10.4. The average molecular weight is 682 g/mol. The number of alkyl halides is 5. The maximum atomic E-state index is 15.7. The van der Waals surface area contributed by atoms with Crippen molar-refractivity contribution in [2.75, 3.05) is 11.9 Å². The number of H-pyrrole nitrogens is 1. The van der Waals surface area contributed by atoms with Crippen molar-refractivity contribution in [2.45, 2.75) is 71.6 Å². The molecule has 0 atom stereocenters. The summed E-state index contributed by atoms with van der Waals surface area (Å²) < 4.78 is 85.8. The van der Waals surface area contributed by atoms with Crippen LogP contribution in [0, 0.1) is 17.2 Å². The molecule has 0 unspecified atom stereocenters. The topological polar surface area (TPSA) is 108 Å². The Hall–Kier alpha value is -3.39. The third kappa shape index (κ3) is 8.26. The lowest BCUT2D eigenvalue weighted by atomic mass is 9.85. The molecule has 2 amide bonds. The molecule has 246 valence electrons. The molecule has 3 aromatic rings. The lowest BCUT2D eigenvalue weighted by Gasteiger charge is -2.30. The normalized spacial score (nSPS) is 17.4. The fourth-order valence-electron chi connectivity index (χ4n) is 4.84. The number of imidazole rings is 1. The largest absolute Gasteiger partial charge is 0.484 e. The van der Waals surface area contributed by atoms with Gasteiger partial charge >= 0.3 is 6.18 Å². The fourth-order valence-corrected chi connectivity index (χ4v) is 5.38. The molecule has 0 saturated heterocycles. The minimum absolute atomic E-state index is 0.0221. The fraction of sp³-hybridized carbons (Fsp3) is 0.483. The van der Waals surface area contributed by atoms with Crippen LogP contribution in [0.2, 0.25) is 10.0 Å². The van der Waals surface area contributed by atoms with Crippen molar-refractivity contribution in [3.05, 3.63) is 45.2 Å². The minimum atomic E-state index is -4.34. The van der Waals surface area contributed by atoms with Gasteiger partial charge in [-0.1, -0.05) is 50.0 Å². The van der Waals surface area contributed by atoms with E-state index in [1.54, 1.807) is 26.8 Å². The maximum absolute atomic E-state index is 15.7. The summed E-state index contributed by atoms with van der Waals surface area (Å²) in [5, 5.41) is 8.50. The first-order valence-electron chi connectivity index (χ1n) is 14.0. The lowest BCUT2D eigenvalue weighted by Crippen LogP contribution is -2.40. The van der Waals surface area contributed by atoms with E-state index in [9.17, 15) is 31.5 Å². The van der Waals surface area contributed by atoms with Gasteiger partial charge in [-0.3, -0.25) is 9.59 Å². The molecule has 1 heterocycles. The highest BCUT2D eigenvalue weighted by Gasteiger charge is 2.41. The van der Waals surface area contributed by atoms with E-state index in [1.807, 2.05) is 0 Å². The van der Waals surface area contributed by atoms with Gasteiger partial charge in [-0.25, -0.2) is 18.2 Å². The second-order valence-corrected chi connectivity index (χ2v) is 12.6. The highest BCUT2D eigenvalue weighted by Crippen LogP contribution is 2.39. The van der Waals surface area contributed by atoms with E-state index in [0.29, 0.717) is 5.56 Å². The number of carbonyl (C=O) groups is 2. The van der Waals surface area contributed by atoms with Gasteiger partial charge in [-0.15, -0.1) is 0 Å². The van der Waals surface area contributed by atoms with Crippen LogP contribution in [0.15, 0.2) is 18.2 Å². The Morgan fingerprint density at radius 2 is 1.78 bits per heavy atom. The number of rotatable bonds is 9. The summed E-state index contributed by atoms with van der Waals surface area (Å²) in [4.78, 5) is 32.4. The average Bonchev–Trinajstić information content (AvgIpc) is 3.36.